The van der Waals surface area contributed by atoms with Gasteiger partial charge in [-0.25, -0.2) is 4.98 Å². The largest absolute Gasteiger partial charge is 0.252 e. The molecular weight excluding hydrogens is 228 g/mol. The maximum atomic E-state index is 5.61. The molecule has 0 N–H and O–H groups in total. The van der Waals surface area contributed by atoms with E-state index in [1.807, 2.05) is 30.5 Å². The van der Waals surface area contributed by atoms with E-state index in [1.165, 1.54) is 0 Å². The van der Waals surface area contributed by atoms with Gasteiger partial charge in [0.25, 0.3) is 0 Å². The van der Waals surface area contributed by atoms with Crippen LogP contribution in [-0.2, 0) is 0 Å². The van der Waals surface area contributed by atoms with Crippen LogP contribution in [0.1, 0.15) is 6.42 Å². The lowest BCUT2D eigenvalue weighted by Crippen LogP contribution is -1.88. The molecule has 2 rings (SSSR count). The van der Waals surface area contributed by atoms with Crippen LogP contribution in [0.25, 0.3) is 11.0 Å². The summed E-state index contributed by atoms with van der Waals surface area (Å²) < 4.78 is 0. The van der Waals surface area contributed by atoms with E-state index in [-0.39, 0.29) is 0 Å². The Morgan fingerprint density at radius 3 is 2.80 bits per heavy atom. The van der Waals surface area contributed by atoms with Gasteiger partial charge >= 0.3 is 0 Å². The molecule has 0 saturated heterocycles. The Morgan fingerprint density at radius 1 is 1.20 bits per heavy atom. The van der Waals surface area contributed by atoms with Gasteiger partial charge < -0.3 is 0 Å². The SMILES string of the molecule is ClCCCSc1cnc2ccccc2n1. The normalized spacial score (nSPS) is 10.7. The third-order valence-electron chi connectivity index (χ3n) is 1.95. The number of nitrogens with zero attached hydrogens (tertiary/aromatic N) is 2. The van der Waals surface area contributed by atoms with Gasteiger partial charge in [-0.05, 0) is 18.6 Å². The Balaban J connectivity index is 2.16. The van der Waals surface area contributed by atoms with Crippen LogP contribution in [0.5, 0.6) is 0 Å². The molecule has 2 nitrogen and oxygen atoms in total. The highest BCUT2D eigenvalue weighted by Gasteiger charge is 1.99. The molecule has 4 heteroatoms. The van der Waals surface area contributed by atoms with Crippen LogP contribution in [0.2, 0.25) is 0 Å². The monoisotopic (exact) mass is 238 g/mol. The van der Waals surface area contributed by atoms with Crippen molar-refractivity contribution < 1.29 is 0 Å². The number of para-hydroxylation sites is 2. The lowest BCUT2D eigenvalue weighted by molar-refractivity contribution is 1.08. The number of hydrogen-bond donors (Lipinski definition) is 0. The minimum absolute atomic E-state index is 0.702. The van der Waals surface area contributed by atoms with Crippen molar-refractivity contribution in [3.05, 3.63) is 30.5 Å². The van der Waals surface area contributed by atoms with Crippen molar-refractivity contribution in [1.29, 1.82) is 0 Å². The molecule has 1 heterocycles. The summed E-state index contributed by atoms with van der Waals surface area (Å²) >= 11 is 7.32. The summed E-state index contributed by atoms with van der Waals surface area (Å²) in [6, 6.07) is 7.89. The fourth-order valence-electron chi connectivity index (χ4n) is 1.24. The molecular formula is C11H11ClN2S. The van der Waals surface area contributed by atoms with Gasteiger partial charge in [-0.3, -0.25) is 4.98 Å². The first-order valence-electron chi connectivity index (χ1n) is 4.81. The smallest absolute Gasteiger partial charge is 0.115 e. The van der Waals surface area contributed by atoms with Gasteiger partial charge in [0, 0.05) is 11.6 Å². The molecule has 0 radical (unpaired) electrons. The Labute approximate surface area is 98.1 Å². The highest BCUT2D eigenvalue weighted by Crippen LogP contribution is 2.18. The van der Waals surface area contributed by atoms with Crippen molar-refractivity contribution in [2.45, 2.75) is 11.4 Å². The van der Waals surface area contributed by atoms with E-state index in [0.29, 0.717) is 5.88 Å². The molecule has 0 spiro atoms. The molecule has 78 valence electrons. The maximum Gasteiger partial charge on any atom is 0.115 e. The van der Waals surface area contributed by atoms with Gasteiger partial charge in [-0.1, -0.05) is 12.1 Å². The van der Waals surface area contributed by atoms with Crippen molar-refractivity contribution in [3.8, 4) is 0 Å². The van der Waals surface area contributed by atoms with Crippen LogP contribution < -0.4 is 0 Å². The number of benzene rings is 1. The Morgan fingerprint density at radius 2 is 2.00 bits per heavy atom. The molecule has 0 bridgehead atoms. The zero-order chi connectivity index (χ0) is 10.5. The first-order chi connectivity index (χ1) is 7.40. The van der Waals surface area contributed by atoms with Crippen LogP contribution in [0.3, 0.4) is 0 Å². The Kier molecular flexibility index (Phi) is 3.80. The van der Waals surface area contributed by atoms with Crippen molar-refractivity contribution in [3.63, 3.8) is 0 Å². The van der Waals surface area contributed by atoms with E-state index in [0.717, 1.165) is 28.2 Å². The number of rotatable bonds is 4. The quantitative estimate of drug-likeness (QED) is 0.464. The molecule has 0 unspecified atom stereocenters. The number of hydrogen-bond acceptors (Lipinski definition) is 3. The van der Waals surface area contributed by atoms with Crippen LogP contribution in [0.4, 0.5) is 0 Å². The van der Waals surface area contributed by atoms with Gasteiger partial charge in [0.2, 0.25) is 0 Å². The summed E-state index contributed by atoms with van der Waals surface area (Å²) in [7, 11) is 0. The summed E-state index contributed by atoms with van der Waals surface area (Å²) in [4.78, 5) is 8.85. The summed E-state index contributed by atoms with van der Waals surface area (Å²) in [5, 5.41) is 0.971. The van der Waals surface area contributed by atoms with Gasteiger partial charge in [-0.15, -0.1) is 23.4 Å². The predicted molar refractivity (Wildman–Crippen MR) is 65.6 cm³/mol. The zero-order valence-corrected chi connectivity index (χ0v) is 9.76. The second kappa shape index (κ2) is 5.33. The molecule has 15 heavy (non-hydrogen) atoms. The summed E-state index contributed by atoms with van der Waals surface area (Å²) in [6.07, 6.45) is 2.82. The van der Waals surface area contributed by atoms with Gasteiger partial charge in [0.05, 0.1) is 17.2 Å². The molecule has 0 atom stereocenters. The van der Waals surface area contributed by atoms with E-state index >= 15 is 0 Å². The number of alkyl halides is 1. The van der Waals surface area contributed by atoms with Crippen LogP contribution in [0.15, 0.2) is 35.5 Å². The minimum atomic E-state index is 0.702. The standard InChI is InChI=1S/C11H11ClN2S/c12-6-3-7-15-11-8-13-9-4-1-2-5-10(9)14-11/h1-2,4-5,8H,3,6-7H2. The van der Waals surface area contributed by atoms with Crippen molar-refractivity contribution in [1.82, 2.24) is 9.97 Å². The number of fused-ring (bicyclic) bond motifs is 1. The topological polar surface area (TPSA) is 25.8 Å². The average molecular weight is 239 g/mol. The molecule has 0 saturated carbocycles. The van der Waals surface area contributed by atoms with Crippen LogP contribution >= 0.6 is 23.4 Å². The predicted octanol–water partition coefficient (Wildman–Crippen LogP) is 3.35. The minimum Gasteiger partial charge on any atom is -0.252 e. The lowest BCUT2D eigenvalue weighted by Gasteiger charge is -2.00. The molecule has 0 aliphatic rings. The van der Waals surface area contributed by atoms with Crippen molar-refractivity contribution >= 4 is 34.4 Å². The van der Waals surface area contributed by atoms with E-state index in [9.17, 15) is 0 Å². The molecule has 1 aromatic heterocycles. The second-order valence-electron chi connectivity index (χ2n) is 3.09. The second-order valence-corrected chi connectivity index (χ2v) is 4.58. The third-order valence-corrected chi connectivity index (χ3v) is 3.21. The Hall–Kier alpha value is -0.800. The van der Waals surface area contributed by atoms with Crippen LogP contribution in [0, 0.1) is 0 Å². The summed E-state index contributed by atoms with van der Waals surface area (Å²) in [6.45, 7) is 0. The highest BCUT2D eigenvalue weighted by atomic mass is 35.5. The first kappa shape index (κ1) is 10.7. The Bertz CT molecular complexity index is 447. The third kappa shape index (κ3) is 2.83. The highest BCUT2D eigenvalue weighted by molar-refractivity contribution is 7.99. The fourth-order valence-corrected chi connectivity index (χ4v) is 2.32. The van der Waals surface area contributed by atoms with E-state index < -0.39 is 0 Å². The van der Waals surface area contributed by atoms with E-state index in [1.54, 1.807) is 11.8 Å². The first-order valence-corrected chi connectivity index (χ1v) is 6.33. The van der Waals surface area contributed by atoms with Gasteiger partial charge in [-0.2, -0.15) is 0 Å². The molecule has 2 aromatic rings. The molecule has 0 aliphatic carbocycles. The lowest BCUT2D eigenvalue weighted by atomic mass is 10.3. The average Bonchev–Trinajstić information content (AvgIpc) is 2.29. The van der Waals surface area contributed by atoms with Crippen molar-refractivity contribution in [2.75, 3.05) is 11.6 Å². The number of halogens is 1. The summed E-state index contributed by atoms with van der Waals surface area (Å²) in [5.41, 5.74) is 1.90. The molecule has 1 aromatic carbocycles. The van der Waals surface area contributed by atoms with Gasteiger partial charge in [0.1, 0.15) is 5.03 Å². The molecule has 0 fully saturated rings. The maximum absolute atomic E-state index is 5.61. The number of thioether (sulfide) groups is 1. The van der Waals surface area contributed by atoms with Crippen LogP contribution in [-0.4, -0.2) is 21.6 Å². The zero-order valence-electron chi connectivity index (χ0n) is 8.19. The van der Waals surface area contributed by atoms with Crippen molar-refractivity contribution in [2.24, 2.45) is 0 Å². The number of aromatic nitrogens is 2. The fraction of sp³-hybridized carbons (Fsp3) is 0.273. The van der Waals surface area contributed by atoms with E-state index in [4.69, 9.17) is 11.6 Å². The van der Waals surface area contributed by atoms with Gasteiger partial charge in [0.15, 0.2) is 0 Å². The molecule has 0 amide bonds. The molecule has 0 aliphatic heterocycles. The van der Waals surface area contributed by atoms with E-state index in [2.05, 4.69) is 9.97 Å². The summed E-state index contributed by atoms with van der Waals surface area (Å²) in [5.74, 6) is 1.70.